The van der Waals surface area contributed by atoms with Crippen LogP contribution in [0.3, 0.4) is 0 Å². The van der Waals surface area contributed by atoms with Crippen molar-refractivity contribution in [2.45, 2.75) is 26.8 Å². The fourth-order valence-electron chi connectivity index (χ4n) is 1.66. The zero-order chi connectivity index (χ0) is 13.2. The third kappa shape index (κ3) is 3.43. The van der Waals surface area contributed by atoms with Gasteiger partial charge in [-0.1, -0.05) is 20.8 Å². The Labute approximate surface area is 115 Å². The van der Waals surface area contributed by atoms with Crippen molar-refractivity contribution in [3.05, 3.63) is 17.7 Å². The van der Waals surface area contributed by atoms with Gasteiger partial charge in [0.15, 0.2) is 0 Å². The van der Waals surface area contributed by atoms with Crippen LogP contribution in [0.15, 0.2) is 12.1 Å². The summed E-state index contributed by atoms with van der Waals surface area (Å²) in [5, 5.41) is 9.56. The summed E-state index contributed by atoms with van der Waals surface area (Å²) < 4.78 is 10.5. The molecule has 1 atom stereocenters. The van der Waals surface area contributed by atoms with E-state index in [-0.39, 0.29) is 29.6 Å². The molecular formula is C13H22ClNO3. The van der Waals surface area contributed by atoms with Crippen molar-refractivity contribution in [1.82, 2.24) is 0 Å². The Hall–Kier alpha value is -1.13. The average Bonchev–Trinajstić information content (AvgIpc) is 2.25. The Kier molecular flexibility index (Phi) is 5.77. The molecule has 1 aromatic carbocycles. The van der Waals surface area contributed by atoms with Gasteiger partial charge in [-0.05, 0) is 5.41 Å². The molecule has 4 nitrogen and oxygen atoms in total. The summed E-state index contributed by atoms with van der Waals surface area (Å²) in [6.07, 6.45) is 0. The molecule has 18 heavy (non-hydrogen) atoms. The number of benzene rings is 1. The molecule has 0 spiro atoms. The van der Waals surface area contributed by atoms with E-state index in [2.05, 4.69) is 0 Å². The van der Waals surface area contributed by atoms with E-state index < -0.39 is 0 Å². The molecule has 0 aliphatic heterocycles. The van der Waals surface area contributed by atoms with Crippen LogP contribution < -0.4 is 15.2 Å². The van der Waals surface area contributed by atoms with E-state index in [0.717, 1.165) is 5.56 Å². The highest BCUT2D eigenvalue weighted by molar-refractivity contribution is 5.85. The molecule has 1 rings (SSSR count). The lowest BCUT2D eigenvalue weighted by Crippen LogP contribution is -2.27. The number of hydrogen-bond donors (Lipinski definition) is 2. The number of rotatable bonds is 3. The highest BCUT2D eigenvalue weighted by Crippen LogP contribution is 2.43. The van der Waals surface area contributed by atoms with Crippen LogP contribution in [0, 0.1) is 5.41 Å². The highest BCUT2D eigenvalue weighted by atomic mass is 35.5. The molecule has 0 saturated carbocycles. The SMILES string of the molecule is COc1cc(O)cc(OC)c1[C@@H](N)C(C)(C)C.Cl. The molecule has 0 saturated heterocycles. The third-order valence-corrected chi connectivity index (χ3v) is 2.77. The molecule has 0 aliphatic rings. The smallest absolute Gasteiger partial charge is 0.131 e. The quantitative estimate of drug-likeness (QED) is 0.890. The second-order valence-corrected chi connectivity index (χ2v) is 5.11. The maximum atomic E-state index is 9.56. The summed E-state index contributed by atoms with van der Waals surface area (Å²) in [5.41, 5.74) is 6.88. The Morgan fingerprint density at radius 2 is 1.50 bits per heavy atom. The van der Waals surface area contributed by atoms with Crippen molar-refractivity contribution in [2.75, 3.05) is 14.2 Å². The zero-order valence-electron chi connectivity index (χ0n) is 11.5. The van der Waals surface area contributed by atoms with Crippen LogP contribution in [0.5, 0.6) is 17.2 Å². The van der Waals surface area contributed by atoms with Crippen molar-refractivity contribution >= 4 is 12.4 Å². The first kappa shape index (κ1) is 16.9. The summed E-state index contributed by atoms with van der Waals surface area (Å²) in [4.78, 5) is 0. The molecule has 0 heterocycles. The Morgan fingerprint density at radius 1 is 1.11 bits per heavy atom. The highest BCUT2D eigenvalue weighted by Gasteiger charge is 2.28. The van der Waals surface area contributed by atoms with Crippen LogP contribution in [0.25, 0.3) is 0 Å². The van der Waals surface area contributed by atoms with E-state index in [1.165, 1.54) is 0 Å². The predicted octanol–water partition coefficient (Wildman–Crippen LogP) is 2.88. The van der Waals surface area contributed by atoms with Crippen LogP contribution in [-0.4, -0.2) is 19.3 Å². The fraction of sp³-hybridized carbons (Fsp3) is 0.538. The molecule has 104 valence electrons. The molecule has 0 aromatic heterocycles. The first-order chi connectivity index (χ1) is 7.81. The summed E-state index contributed by atoms with van der Waals surface area (Å²) in [6, 6.07) is 2.85. The molecule has 0 radical (unpaired) electrons. The van der Waals surface area contributed by atoms with Crippen LogP contribution in [-0.2, 0) is 0 Å². The minimum atomic E-state index is -0.243. The lowest BCUT2D eigenvalue weighted by Gasteiger charge is -2.29. The number of halogens is 1. The van der Waals surface area contributed by atoms with Crippen molar-refractivity contribution < 1.29 is 14.6 Å². The maximum Gasteiger partial charge on any atom is 0.131 e. The summed E-state index contributed by atoms with van der Waals surface area (Å²) >= 11 is 0. The van der Waals surface area contributed by atoms with Gasteiger partial charge in [0, 0.05) is 18.2 Å². The minimum absolute atomic E-state index is 0. The van der Waals surface area contributed by atoms with E-state index in [9.17, 15) is 5.11 Å². The standard InChI is InChI=1S/C13H21NO3.ClH/c1-13(2,3)12(14)11-9(16-4)6-8(15)7-10(11)17-5;/h6-7,12,15H,14H2,1-5H3;1H/t12-;/m1./s1. The van der Waals surface area contributed by atoms with Crippen molar-refractivity contribution in [2.24, 2.45) is 11.1 Å². The summed E-state index contributed by atoms with van der Waals surface area (Å²) in [5.74, 6) is 1.19. The van der Waals surface area contributed by atoms with Crippen LogP contribution in [0.1, 0.15) is 32.4 Å². The van der Waals surface area contributed by atoms with Gasteiger partial charge >= 0.3 is 0 Å². The van der Waals surface area contributed by atoms with Gasteiger partial charge < -0.3 is 20.3 Å². The monoisotopic (exact) mass is 275 g/mol. The van der Waals surface area contributed by atoms with E-state index in [4.69, 9.17) is 15.2 Å². The Bertz CT molecular complexity index is 377. The van der Waals surface area contributed by atoms with Gasteiger partial charge in [-0.2, -0.15) is 0 Å². The Morgan fingerprint density at radius 3 is 1.78 bits per heavy atom. The number of phenolic OH excluding ortho intramolecular Hbond substituents is 1. The molecule has 5 heteroatoms. The molecule has 0 fully saturated rings. The van der Waals surface area contributed by atoms with Gasteiger partial charge in [0.1, 0.15) is 17.2 Å². The lowest BCUT2D eigenvalue weighted by atomic mass is 9.82. The van der Waals surface area contributed by atoms with Crippen molar-refractivity contribution in [3.63, 3.8) is 0 Å². The normalized spacial score (nSPS) is 12.6. The molecule has 0 bridgehead atoms. The zero-order valence-corrected chi connectivity index (χ0v) is 12.3. The fourth-order valence-corrected chi connectivity index (χ4v) is 1.66. The molecule has 0 amide bonds. The van der Waals surface area contributed by atoms with E-state index >= 15 is 0 Å². The predicted molar refractivity (Wildman–Crippen MR) is 74.8 cm³/mol. The van der Waals surface area contributed by atoms with E-state index in [1.54, 1.807) is 26.4 Å². The summed E-state index contributed by atoms with van der Waals surface area (Å²) in [7, 11) is 3.10. The number of hydrogen-bond acceptors (Lipinski definition) is 4. The van der Waals surface area contributed by atoms with Crippen LogP contribution >= 0.6 is 12.4 Å². The second-order valence-electron chi connectivity index (χ2n) is 5.11. The third-order valence-electron chi connectivity index (χ3n) is 2.77. The first-order valence-electron chi connectivity index (χ1n) is 5.51. The molecule has 1 aromatic rings. The Balaban J connectivity index is 0.00000289. The second kappa shape index (κ2) is 6.16. The molecule has 0 unspecified atom stereocenters. The summed E-state index contributed by atoms with van der Waals surface area (Å²) in [6.45, 7) is 6.14. The minimum Gasteiger partial charge on any atom is -0.508 e. The number of methoxy groups -OCH3 is 2. The van der Waals surface area contributed by atoms with Gasteiger partial charge in [0.25, 0.3) is 0 Å². The molecule has 3 N–H and O–H groups in total. The van der Waals surface area contributed by atoms with Gasteiger partial charge in [0.2, 0.25) is 0 Å². The van der Waals surface area contributed by atoms with E-state index in [0.29, 0.717) is 11.5 Å². The number of aromatic hydroxyl groups is 1. The number of ether oxygens (including phenoxy) is 2. The maximum absolute atomic E-state index is 9.56. The average molecular weight is 276 g/mol. The van der Waals surface area contributed by atoms with Crippen LogP contribution in [0.2, 0.25) is 0 Å². The van der Waals surface area contributed by atoms with Crippen molar-refractivity contribution in [1.29, 1.82) is 0 Å². The van der Waals surface area contributed by atoms with E-state index in [1.807, 2.05) is 20.8 Å². The largest absolute Gasteiger partial charge is 0.508 e. The van der Waals surface area contributed by atoms with Gasteiger partial charge in [-0.15, -0.1) is 12.4 Å². The lowest BCUT2D eigenvalue weighted by molar-refractivity contribution is 0.299. The molecular weight excluding hydrogens is 254 g/mol. The van der Waals surface area contributed by atoms with Gasteiger partial charge in [-0.3, -0.25) is 0 Å². The van der Waals surface area contributed by atoms with Gasteiger partial charge in [-0.25, -0.2) is 0 Å². The topological polar surface area (TPSA) is 64.7 Å². The number of phenols is 1. The van der Waals surface area contributed by atoms with Gasteiger partial charge in [0.05, 0.1) is 19.8 Å². The van der Waals surface area contributed by atoms with Crippen molar-refractivity contribution in [3.8, 4) is 17.2 Å². The number of nitrogens with two attached hydrogens (primary N) is 1. The first-order valence-corrected chi connectivity index (χ1v) is 5.51. The molecule has 0 aliphatic carbocycles. The van der Waals surface area contributed by atoms with Crippen LogP contribution in [0.4, 0.5) is 0 Å².